The number of nitrogens with one attached hydrogen (secondary N) is 1. The molecular weight excluding hydrogens is 306 g/mol. The lowest BCUT2D eigenvalue weighted by Crippen LogP contribution is -2.14. The molecular formula is C17H21N5O2. The molecule has 2 aromatic rings. The molecule has 2 rings (SSSR count). The maximum atomic E-state index is 12.4. The molecule has 0 fully saturated rings. The highest BCUT2D eigenvalue weighted by Crippen LogP contribution is 2.24. The first kappa shape index (κ1) is 17.3. The Hall–Kier alpha value is -3.09. The second-order valence-corrected chi connectivity index (χ2v) is 5.18. The number of rotatable bonds is 6. The molecule has 0 bridgehead atoms. The molecule has 0 amide bonds. The van der Waals surface area contributed by atoms with Gasteiger partial charge in [0.1, 0.15) is 5.56 Å². The Labute approximate surface area is 141 Å². The number of para-hydroxylation sites is 1. The first-order chi connectivity index (χ1) is 11.5. The lowest BCUT2D eigenvalue weighted by atomic mass is 10.2. The number of nitrogens with zero attached hydrogens (tertiary/aromatic N) is 3. The Morgan fingerprint density at radius 2 is 2.00 bits per heavy atom. The van der Waals surface area contributed by atoms with Crippen LogP contribution in [-0.4, -0.2) is 41.5 Å². The zero-order valence-electron chi connectivity index (χ0n) is 14.0. The van der Waals surface area contributed by atoms with Gasteiger partial charge in [0.2, 0.25) is 5.95 Å². The average molecular weight is 327 g/mol. The van der Waals surface area contributed by atoms with Crippen molar-refractivity contribution in [3.63, 3.8) is 0 Å². The molecule has 0 atom stereocenters. The summed E-state index contributed by atoms with van der Waals surface area (Å²) in [6, 6.07) is 9.38. The number of aromatic nitrogens is 2. The predicted octanol–water partition coefficient (Wildman–Crippen LogP) is 2.51. The third-order valence-electron chi connectivity index (χ3n) is 3.00. The molecule has 1 aromatic carbocycles. The number of nitrogen functional groups attached to an aromatic ring is 1. The van der Waals surface area contributed by atoms with Crippen LogP contribution >= 0.6 is 0 Å². The van der Waals surface area contributed by atoms with E-state index in [1.54, 1.807) is 19.2 Å². The second-order valence-electron chi connectivity index (χ2n) is 5.18. The van der Waals surface area contributed by atoms with Crippen LogP contribution in [0.3, 0.4) is 0 Å². The summed E-state index contributed by atoms with van der Waals surface area (Å²) in [6.07, 6.45) is 3.47. The first-order valence-electron chi connectivity index (χ1n) is 7.52. The molecule has 1 aromatic heterocycles. The molecule has 0 radical (unpaired) electrons. The minimum Gasteiger partial charge on any atom is -0.462 e. The van der Waals surface area contributed by atoms with Crippen molar-refractivity contribution in [2.45, 2.75) is 6.92 Å². The van der Waals surface area contributed by atoms with Gasteiger partial charge in [-0.3, -0.25) is 0 Å². The number of hydrogen-bond acceptors (Lipinski definition) is 7. The minimum absolute atomic E-state index is 0.0693. The van der Waals surface area contributed by atoms with Crippen LogP contribution in [0.15, 0.2) is 36.5 Å². The summed E-state index contributed by atoms with van der Waals surface area (Å²) in [7, 11) is 3.74. The smallest absolute Gasteiger partial charge is 0.344 e. The van der Waals surface area contributed by atoms with Crippen LogP contribution in [-0.2, 0) is 4.74 Å². The summed E-state index contributed by atoms with van der Waals surface area (Å²) in [6.45, 7) is 2.00. The monoisotopic (exact) mass is 327 g/mol. The Balaban J connectivity index is 2.52. The molecule has 0 aliphatic carbocycles. The molecule has 7 heteroatoms. The van der Waals surface area contributed by atoms with E-state index in [4.69, 9.17) is 10.5 Å². The largest absolute Gasteiger partial charge is 0.462 e. The molecule has 3 N–H and O–H groups in total. The number of carbonyl (C=O) groups excluding carboxylic acids is 1. The highest BCUT2D eigenvalue weighted by Gasteiger charge is 2.20. The number of benzene rings is 1. The van der Waals surface area contributed by atoms with Crippen molar-refractivity contribution in [2.75, 3.05) is 31.8 Å². The van der Waals surface area contributed by atoms with Gasteiger partial charge in [0.05, 0.1) is 12.3 Å². The van der Waals surface area contributed by atoms with E-state index in [1.807, 2.05) is 49.3 Å². The van der Waals surface area contributed by atoms with Gasteiger partial charge < -0.3 is 20.7 Å². The third kappa shape index (κ3) is 4.45. The van der Waals surface area contributed by atoms with Gasteiger partial charge in [-0.25, -0.2) is 9.78 Å². The average Bonchev–Trinajstić information content (AvgIpc) is 2.53. The van der Waals surface area contributed by atoms with Crippen LogP contribution in [0, 0.1) is 0 Å². The van der Waals surface area contributed by atoms with Crippen molar-refractivity contribution >= 4 is 29.5 Å². The van der Waals surface area contributed by atoms with E-state index in [1.165, 1.54) is 0 Å². The Morgan fingerprint density at radius 1 is 1.29 bits per heavy atom. The number of ether oxygens (including phenoxy) is 1. The highest BCUT2D eigenvalue weighted by molar-refractivity contribution is 5.98. The van der Waals surface area contributed by atoms with Gasteiger partial charge in [0.25, 0.3) is 0 Å². The van der Waals surface area contributed by atoms with Gasteiger partial charge in [0.15, 0.2) is 5.82 Å². The van der Waals surface area contributed by atoms with Crippen molar-refractivity contribution in [1.82, 2.24) is 14.9 Å². The summed E-state index contributed by atoms with van der Waals surface area (Å²) in [5.74, 6) is -0.125. The molecule has 0 aliphatic rings. The van der Waals surface area contributed by atoms with Gasteiger partial charge in [-0.2, -0.15) is 4.98 Å². The summed E-state index contributed by atoms with van der Waals surface area (Å²) in [4.78, 5) is 22.6. The van der Waals surface area contributed by atoms with Gasteiger partial charge >= 0.3 is 5.97 Å². The van der Waals surface area contributed by atoms with Crippen molar-refractivity contribution in [3.8, 4) is 0 Å². The van der Waals surface area contributed by atoms with Crippen molar-refractivity contribution in [3.05, 3.63) is 47.8 Å². The quantitative estimate of drug-likeness (QED) is 0.787. The van der Waals surface area contributed by atoms with E-state index < -0.39 is 5.97 Å². The molecule has 7 nitrogen and oxygen atoms in total. The first-order valence-corrected chi connectivity index (χ1v) is 7.52. The maximum absolute atomic E-state index is 12.4. The summed E-state index contributed by atoms with van der Waals surface area (Å²) in [5.41, 5.74) is 7.22. The molecule has 24 heavy (non-hydrogen) atoms. The van der Waals surface area contributed by atoms with Crippen molar-refractivity contribution in [1.29, 1.82) is 0 Å². The van der Waals surface area contributed by atoms with Crippen LogP contribution in [0.25, 0.3) is 6.08 Å². The SMILES string of the molecule is CCOC(=O)c1c(/C=C/N(C)C)nc(N)nc1Nc1ccccc1. The van der Waals surface area contributed by atoms with E-state index in [2.05, 4.69) is 15.3 Å². The standard InChI is InChI=1S/C17H21N5O2/c1-4-24-16(23)14-13(10-11-22(2)3)20-17(18)21-15(14)19-12-8-6-5-7-9-12/h5-11H,4H2,1-3H3,(H3,18,19,20,21)/b11-10+. The van der Waals surface area contributed by atoms with Crippen molar-refractivity contribution in [2.24, 2.45) is 0 Å². The fraction of sp³-hybridized carbons (Fsp3) is 0.235. The van der Waals surface area contributed by atoms with E-state index >= 15 is 0 Å². The molecule has 0 saturated heterocycles. The van der Waals surface area contributed by atoms with Crippen LogP contribution < -0.4 is 11.1 Å². The molecule has 0 aliphatic heterocycles. The summed E-state index contributed by atoms with van der Waals surface area (Å²) < 4.78 is 5.15. The van der Waals surface area contributed by atoms with Crippen molar-refractivity contribution < 1.29 is 9.53 Å². The van der Waals surface area contributed by atoms with Crippen LogP contribution in [0.4, 0.5) is 17.5 Å². The van der Waals surface area contributed by atoms with E-state index in [0.717, 1.165) is 5.69 Å². The molecule has 1 heterocycles. The zero-order chi connectivity index (χ0) is 17.5. The predicted molar refractivity (Wildman–Crippen MR) is 94.8 cm³/mol. The maximum Gasteiger partial charge on any atom is 0.344 e. The summed E-state index contributed by atoms with van der Waals surface area (Å²) in [5, 5.41) is 3.10. The lowest BCUT2D eigenvalue weighted by Gasteiger charge is -2.13. The number of carbonyl (C=O) groups is 1. The van der Waals surface area contributed by atoms with Gasteiger partial charge in [-0.05, 0) is 25.1 Å². The fourth-order valence-electron chi connectivity index (χ4n) is 1.99. The van der Waals surface area contributed by atoms with Crippen LogP contribution in [0.5, 0.6) is 0 Å². The van der Waals surface area contributed by atoms with E-state index in [0.29, 0.717) is 11.5 Å². The zero-order valence-corrected chi connectivity index (χ0v) is 14.0. The number of anilines is 3. The molecule has 0 saturated carbocycles. The Kier molecular flexibility index (Phi) is 5.73. The second kappa shape index (κ2) is 7.96. The molecule has 0 unspecified atom stereocenters. The summed E-state index contributed by atoms with van der Waals surface area (Å²) >= 11 is 0. The Bertz CT molecular complexity index is 729. The van der Waals surface area contributed by atoms with Crippen LogP contribution in [0.1, 0.15) is 23.0 Å². The molecule has 126 valence electrons. The Morgan fingerprint density at radius 3 is 2.62 bits per heavy atom. The minimum atomic E-state index is -0.505. The lowest BCUT2D eigenvalue weighted by molar-refractivity contribution is 0.0526. The van der Waals surface area contributed by atoms with Crippen LogP contribution in [0.2, 0.25) is 0 Å². The van der Waals surface area contributed by atoms with Gasteiger partial charge in [-0.15, -0.1) is 0 Å². The van der Waals surface area contributed by atoms with Gasteiger partial charge in [-0.1, -0.05) is 18.2 Å². The number of hydrogen-bond donors (Lipinski definition) is 2. The molecule has 0 spiro atoms. The fourth-order valence-corrected chi connectivity index (χ4v) is 1.99. The van der Waals surface area contributed by atoms with Gasteiger partial charge in [0, 0.05) is 26.0 Å². The highest BCUT2D eigenvalue weighted by atomic mass is 16.5. The number of esters is 1. The number of nitrogens with two attached hydrogens (primary N) is 1. The topological polar surface area (TPSA) is 93.4 Å². The third-order valence-corrected chi connectivity index (χ3v) is 3.00. The van der Waals surface area contributed by atoms with E-state index in [9.17, 15) is 4.79 Å². The normalized spacial score (nSPS) is 10.6. The van der Waals surface area contributed by atoms with E-state index in [-0.39, 0.29) is 18.1 Å².